The number of rotatable bonds is 12. The molecule has 210 valence electrons. The minimum atomic E-state index is -0.888. The van der Waals surface area contributed by atoms with E-state index in [4.69, 9.17) is 36.0 Å². The second-order valence-corrected chi connectivity index (χ2v) is 12.1. The first kappa shape index (κ1) is 28.2. The van der Waals surface area contributed by atoms with Crippen molar-refractivity contribution in [1.29, 1.82) is 0 Å². The summed E-state index contributed by atoms with van der Waals surface area (Å²) < 4.78 is 23.3. The van der Waals surface area contributed by atoms with Crippen LogP contribution in [0.3, 0.4) is 0 Å². The molecule has 2 bridgehead atoms. The van der Waals surface area contributed by atoms with E-state index in [9.17, 15) is 9.90 Å². The summed E-state index contributed by atoms with van der Waals surface area (Å²) in [7, 11) is 3.20. The fourth-order valence-electron chi connectivity index (χ4n) is 5.90. The molecule has 0 radical (unpaired) electrons. The largest absolute Gasteiger partial charge is 0.497 e. The number of nitrogens with zero attached hydrogens (tertiary/aromatic N) is 1. The first-order valence-corrected chi connectivity index (χ1v) is 14.6. The average Bonchev–Trinajstić information content (AvgIpc) is 3.73. The minimum absolute atomic E-state index is 0.0316. The number of carbonyl (C=O) groups is 1. The Morgan fingerprint density at radius 2 is 1.95 bits per heavy atom. The highest BCUT2D eigenvalue weighted by Crippen LogP contribution is 2.49. The van der Waals surface area contributed by atoms with Crippen LogP contribution in [-0.4, -0.2) is 71.5 Å². The highest BCUT2D eigenvalue weighted by molar-refractivity contribution is 8.26. The van der Waals surface area contributed by atoms with Gasteiger partial charge in [-0.15, -0.1) is 0 Å². The zero-order valence-corrected chi connectivity index (χ0v) is 23.9. The molecule has 1 aromatic carbocycles. The van der Waals surface area contributed by atoms with Crippen LogP contribution < -0.4 is 9.47 Å². The third kappa shape index (κ3) is 6.20. The van der Waals surface area contributed by atoms with Gasteiger partial charge >= 0.3 is 0 Å². The summed E-state index contributed by atoms with van der Waals surface area (Å²) in [6.45, 7) is 0.158. The fraction of sp³-hybridized carbons (Fsp3) is 0.517. The molecule has 1 aromatic heterocycles. The Labute approximate surface area is 238 Å². The highest BCUT2D eigenvalue weighted by atomic mass is 32.2. The third-order valence-corrected chi connectivity index (χ3v) is 9.18. The molecule has 10 heteroatoms. The number of methoxy groups -OCH3 is 2. The zero-order valence-electron chi connectivity index (χ0n) is 22.3. The molecule has 2 aliphatic carbocycles. The lowest BCUT2D eigenvalue weighted by molar-refractivity contribution is -0.124. The monoisotopic (exact) mass is 573 g/mol. The van der Waals surface area contributed by atoms with E-state index in [0.717, 1.165) is 17.5 Å². The van der Waals surface area contributed by atoms with E-state index in [2.05, 4.69) is 0 Å². The molecule has 1 saturated heterocycles. The molecule has 39 heavy (non-hydrogen) atoms. The first-order valence-electron chi connectivity index (χ1n) is 13.4. The van der Waals surface area contributed by atoms with Gasteiger partial charge in [-0.2, -0.15) is 0 Å². The fourth-order valence-corrected chi connectivity index (χ4v) is 7.25. The maximum atomic E-state index is 13.5. The minimum Gasteiger partial charge on any atom is -0.497 e. The summed E-state index contributed by atoms with van der Waals surface area (Å²) >= 11 is 7.02. The second kappa shape index (κ2) is 12.4. The van der Waals surface area contributed by atoms with Gasteiger partial charge in [0, 0.05) is 30.4 Å². The zero-order chi connectivity index (χ0) is 27.5. The topological polar surface area (TPSA) is 102 Å². The first-order chi connectivity index (χ1) is 18.9. The summed E-state index contributed by atoms with van der Waals surface area (Å²) in [5, 5.41) is 18.5. The average molecular weight is 574 g/mol. The Hall–Kier alpha value is -2.37. The molecule has 1 aliphatic heterocycles. The number of furan rings is 1. The van der Waals surface area contributed by atoms with E-state index in [1.165, 1.54) is 31.0 Å². The summed E-state index contributed by atoms with van der Waals surface area (Å²) in [6.07, 6.45) is 6.93. The summed E-state index contributed by atoms with van der Waals surface area (Å²) in [4.78, 5) is 16.0. The Morgan fingerprint density at radius 1 is 1.18 bits per heavy atom. The molecule has 3 fully saturated rings. The number of thiocarbonyl (C=S) groups is 1. The van der Waals surface area contributed by atoms with Crippen molar-refractivity contribution in [2.45, 2.75) is 50.7 Å². The van der Waals surface area contributed by atoms with Crippen LogP contribution in [0.5, 0.6) is 11.5 Å². The van der Waals surface area contributed by atoms with Crippen molar-refractivity contribution in [1.82, 2.24) is 4.90 Å². The van der Waals surface area contributed by atoms with Crippen molar-refractivity contribution in [3.63, 3.8) is 0 Å². The van der Waals surface area contributed by atoms with E-state index < -0.39 is 6.10 Å². The van der Waals surface area contributed by atoms with Crippen LogP contribution in [0.4, 0.5) is 0 Å². The van der Waals surface area contributed by atoms with Crippen molar-refractivity contribution >= 4 is 40.3 Å². The van der Waals surface area contributed by atoms with Crippen molar-refractivity contribution < 1.29 is 33.6 Å². The van der Waals surface area contributed by atoms with Gasteiger partial charge in [-0.1, -0.05) is 30.4 Å². The van der Waals surface area contributed by atoms with Crippen LogP contribution in [-0.2, 0) is 16.0 Å². The molecule has 4 atom stereocenters. The van der Waals surface area contributed by atoms with Crippen LogP contribution in [0, 0.1) is 11.8 Å². The number of aliphatic hydroxyl groups excluding tert-OH is 2. The molecule has 2 saturated carbocycles. The molecule has 0 spiro atoms. The van der Waals surface area contributed by atoms with Crippen LogP contribution in [0.25, 0.3) is 17.4 Å². The normalized spacial score (nSPS) is 24.3. The number of ether oxygens (including phenoxy) is 3. The van der Waals surface area contributed by atoms with Crippen LogP contribution in [0.15, 0.2) is 33.6 Å². The molecule has 2 N–H and O–H groups in total. The molecule has 5 rings (SSSR count). The summed E-state index contributed by atoms with van der Waals surface area (Å²) in [6, 6.07) is 7.74. The van der Waals surface area contributed by atoms with Crippen molar-refractivity contribution in [2.24, 2.45) is 11.8 Å². The number of hydrogen-bond donors (Lipinski definition) is 2. The van der Waals surface area contributed by atoms with Gasteiger partial charge in [-0.25, -0.2) is 0 Å². The standard InChI is InChI=1S/C29H35NO7S2/c1-34-22-10-20(11-23(13-22)35-2)25-12-19(4-3-7-36-16-21(32)15-31)26(37-25)14-27-28(33)30(29(38)39-27)24-9-17-5-6-18(24)8-17/h10-14,17-18,21,24,31-32H,3-9,15-16H2,1-2H3/b27-14-/t17?,18?,21-,24?/m0/s1. The van der Waals surface area contributed by atoms with Crippen LogP contribution >= 0.6 is 24.0 Å². The van der Waals surface area contributed by atoms with Crippen LogP contribution in [0.1, 0.15) is 43.4 Å². The third-order valence-electron chi connectivity index (χ3n) is 7.85. The van der Waals surface area contributed by atoms with E-state index in [-0.39, 0.29) is 25.2 Å². The Morgan fingerprint density at radius 3 is 2.59 bits per heavy atom. The van der Waals surface area contributed by atoms with Gasteiger partial charge in [0.25, 0.3) is 5.91 Å². The van der Waals surface area contributed by atoms with Gasteiger partial charge in [0.05, 0.1) is 32.3 Å². The lowest BCUT2D eigenvalue weighted by atomic mass is 9.94. The summed E-state index contributed by atoms with van der Waals surface area (Å²) in [5.41, 5.74) is 1.73. The molecule has 1 amide bonds. The maximum absolute atomic E-state index is 13.5. The molecular weight excluding hydrogens is 538 g/mol. The lowest BCUT2D eigenvalue weighted by Gasteiger charge is -2.30. The van der Waals surface area contributed by atoms with Gasteiger partial charge in [0.15, 0.2) is 0 Å². The number of amides is 1. The van der Waals surface area contributed by atoms with Gasteiger partial charge in [0.1, 0.15) is 33.4 Å². The molecule has 2 heterocycles. The summed E-state index contributed by atoms with van der Waals surface area (Å²) in [5.74, 6) is 3.77. The van der Waals surface area contributed by atoms with Gasteiger partial charge in [-0.3, -0.25) is 9.69 Å². The number of hydrogen-bond acceptors (Lipinski definition) is 9. The number of carbonyl (C=O) groups excluding carboxylic acids is 1. The van der Waals surface area contributed by atoms with Gasteiger partial charge in [0.2, 0.25) is 0 Å². The SMILES string of the molecule is COc1cc(OC)cc(-c2cc(CCCOC[C@@H](O)CO)c(/C=C3\SC(=S)N(C4CC5CCC4C5)C3=O)o2)c1. The maximum Gasteiger partial charge on any atom is 0.266 e. The number of fused-ring (bicyclic) bond motifs is 2. The van der Waals surface area contributed by atoms with Crippen molar-refractivity contribution in [3.8, 4) is 22.8 Å². The van der Waals surface area contributed by atoms with E-state index >= 15 is 0 Å². The Balaban J connectivity index is 1.40. The smallest absolute Gasteiger partial charge is 0.266 e. The van der Waals surface area contributed by atoms with Gasteiger partial charge < -0.3 is 28.8 Å². The Bertz CT molecular complexity index is 1220. The predicted octanol–water partition coefficient (Wildman–Crippen LogP) is 4.66. The number of benzene rings is 1. The molecular formula is C29H35NO7S2. The molecule has 3 unspecified atom stereocenters. The molecule has 8 nitrogen and oxygen atoms in total. The van der Waals surface area contributed by atoms with Crippen molar-refractivity contribution in [2.75, 3.05) is 34.0 Å². The highest BCUT2D eigenvalue weighted by Gasteiger charge is 2.48. The van der Waals surface area contributed by atoms with E-state index in [1.807, 2.05) is 29.2 Å². The quantitative estimate of drug-likeness (QED) is 0.213. The number of aryl methyl sites for hydroxylation is 1. The van der Waals surface area contributed by atoms with E-state index in [0.29, 0.717) is 63.5 Å². The number of aliphatic hydroxyl groups is 2. The van der Waals surface area contributed by atoms with Gasteiger partial charge in [-0.05, 0) is 67.7 Å². The predicted molar refractivity (Wildman–Crippen MR) is 154 cm³/mol. The lowest BCUT2D eigenvalue weighted by Crippen LogP contribution is -2.41. The van der Waals surface area contributed by atoms with Crippen LogP contribution in [0.2, 0.25) is 0 Å². The van der Waals surface area contributed by atoms with Crippen molar-refractivity contribution in [3.05, 3.63) is 40.5 Å². The Kier molecular flexibility index (Phi) is 8.98. The van der Waals surface area contributed by atoms with E-state index in [1.54, 1.807) is 20.3 Å². The number of thioether (sulfide) groups is 1. The molecule has 3 aliphatic rings. The molecule has 2 aromatic rings. The second-order valence-electron chi connectivity index (χ2n) is 10.4.